The van der Waals surface area contributed by atoms with E-state index in [1.165, 1.54) is 0 Å². The van der Waals surface area contributed by atoms with Crippen LogP contribution in [-0.2, 0) is 18.3 Å². The molecule has 29 heavy (non-hydrogen) atoms. The fraction of sp³-hybridized carbons (Fsp3) is 0.261. The van der Waals surface area contributed by atoms with Gasteiger partial charge in [0.2, 0.25) is 5.91 Å². The molecule has 3 heterocycles. The maximum atomic E-state index is 12.9. The maximum absolute atomic E-state index is 12.9. The molecular formula is C23H23N5O. The molecule has 6 nitrogen and oxygen atoms in total. The van der Waals surface area contributed by atoms with Crippen LogP contribution in [0.1, 0.15) is 18.0 Å². The molecule has 2 aromatic carbocycles. The van der Waals surface area contributed by atoms with Gasteiger partial charge in [0.1, 0.15) is 5.69 Å². The summed E-state index contributed by atoms with van der Waals surface area (Å²) in [6.45, 7) is 1.44. The summed E-state index contributed by atoms with van der Waals surface area (Å²) in [7, 11) is 2.03. The molecular weight excluding hydrogens is 362 g/mol. The first-order valence-corrected chi connectivity index (χ1v) is 9.97. The summed E-state index contributed by atoms with van der Waals surface area (Å²) in [6, 6.07) is 18.5. The van der Waals surface area contributed by atoms with E-state index in [1.807, 2.05) is 65.3 Å². The van der Waals surface area contributed by atoms with Gasteiger partial charge in [-0.1, -0.05) is 53.7 Å². The molecule has 1 aliphatic rings. The minimum atomic E-state index is 0.173. The lowest BCUT2D eigenvalue weighted by Gasteiger charge is -2.16. The largest absolute Gasteiger partial charge is 0.350 e. The molecule has 0 aliphatic carbocycles. The highest BCUT2D eigenvalue weighted by Gasteiger charge is 2.28. The average molecular weight is 385 g/mol. The van der Waals surface area contributed by atoms with E-state index in [0.29, 0.717) is 13.0 Å². The Kier molecular flexibility index (Phi) is 4.39. The molecule has 146 valence electrons. The number of carbonyl (C=O) groups excluding carboxylic acids is 1. The molecule has 5 rings (SSSR count). The molecule has 0 bridgehead atoms. The number of amides is 1. The lowest BCUT2D eigenvalue weighted by atomic mass is 10.1. The Morgan fingerprint density at radius 2 is 1.86 bits per heavy atom. The van der Waals surface area contributed by atoms with Gasteiger partial charge in [-0.25, -0.2) is 4.68 Å². The zero-order valence-electron chi connectivity index (χ0n) is 16.4. The minimum absolute atomic E-state index is 0.173. The van der Waals surface area contributed by atoms with E-state index in [4.69, 9.17) is 0 Å². The summed E-state index contributed by atoms with van der Waals surface area (Å²) in [4.78, 5) is 14.9. The van der Waals surface area contributed by atoms with Crippen molar-refractivity contribution in [3.05, 3.63) is 72.6 Å². The van der Waals surface area contributed by atoms with Gasteiger partial charge in [0.05, 0.1) is 18.7 Å². The van der Waals surface area contributed by atoms with Crippen molar-refractivity contribution in [1.29, 1.82) is 0 Å². The Hall–Kier alpha value is -3.41. The SMILES string of the molecule is Cn1cc(CC(=O)N2CC[C@@H](n3cc(-c4ccccc4)nn3)C2)c2ccccc21. The van der Waals surface area contributed by atoms with Crippen molar-refractivity contribution in [1.82, 2.24) is 24.5 Å². The molecule has 0 saturated carbocycles. The van der Waals surface area contributed by atoms with Crippen molar-refractivity contribution >= 4 is 16.8 Å². The van der Waals surface area contributed by atoms with Gasteiger partial charge >= 0.3 is 0 Å². The number of para-hydroxylation sites is 1. The first kappa shape index (κ1) is 17.7. The quantitative estimate of drug-likeness (QED) is 0.541. The third-order valence-corrected chi connectivity index (χ3v) is 5.79. The van der Waals surface area contributed by atoms with Crippen LogP contribution in [0.15, 0.2) is 67.0 Å². The molecule has 0 unspecified atom stereocenters. The molecule has 2 aromatic heterocycles. The van der Waals surface area contributed by atoms with Crippen LogP contribution in [0.2, 0.25) is 0 Å². The summed E-state index contributed by atoms with van der Waals surface area (Å²) in [6.07, 6.45) is 5.39. The first-order valence-electron chi connectivity index (χ1n) is 9.97. The Morgan fingerprint density at radius 3 is 2.72 bits per heavy atom. The van der Waals surface area contributed by atoms with Gasteiger partial charge in [-0.3, -0.25) is 4.79 Å². The van der Waals surface area contributed by atoms with Gasteiger partial charge in [-0.2, -0.15) is 0 Å². The number of rotatable bonds is 4. The van der Waals surface area contributed by atoms with Gasteiger partial charge in [-0.15, -0.1) is 5.10 Å². The van der Waals surface area contributed by atoms with E-state index in [-0.39, 0.29) is 11.9 Å². The van der Waals surface area contributed by atoms with Gasteiger partial charge in [0, 0.05) is 42.8 Å². The van der Waals surface area contributed by atoms with Gasteiger partial charge in [0.15, 0.2) is 0 Å². The van der Waals surface area contributed by atoms with Crippen LogP contribution in [-0.4, -0.2) is 43.5 Å². The zero-order valence-corrected chi connectivity index (χ0v) is 16.4. The van der Waals surface area contributed by atoms with Crippen molar-refractivity contribution in [2.24, 2.45) is 7.05 Å². The van der Waals surface area contributed by atoms with Crippen LogP contribution < -0.4 is 0 Å². The number of benzene rings is 2. The predicted octanol–water partition coefficient (Wildman–Crippen LogP) is 3.45. The van der Waals surface area contributed by atoms with E-state index >= 15 is 0 Å². The fourth-order valence-corrected chi connectivity index (χ4v) is 4.22. The number of nitrogens with zero attached hydrogens (tertiary/aromatic N) is 5. The normalized spacial score (nSPS) is 16.6. The summed E-state index contributed by atoms with van der Waals surface area (Å²) in [5.74, 6) is 0.173. The second-order valence-corrected chi connectivity index (χ2v) is 7.69. The molecule has 1 atom stereocenters. The van der Waals surface area contributed by atoms with E-state index in [9.17, 15) is 4.79 Å². The summed E-state index contributed by atoms with van der Waals surface area (Å²) in [5.41, 5.74) is 4.17. The Bertz CT molecular complexity index is 1160. The maximum Gasteiger partial charge on any atom is 0.227 e. The predicted molar refractivity (Wildman–Crippen MR) is 112 cm³/mol. The number of hydrogen-bond donors (Lipinski definition) is 0. The van der Waals surface area contributed by atoms with Crippen LogP contribution in [0.3, 0.4) is 0 Å². The molecule has 4 aromatic rings. The van der Waals surface area contributed by atoms with Crippen molar-refractivity contribution in [3.63, 3.8) is 0 Å². The Morgan fingerprint density at radius 1 is 1.07 bits per heavy atom. The van der Waals surface area contributed by atoms with Crippen LogP contribution in [0, 0.1) is 0 Å². The van der Waals surface area contributed by atoms with Crippen molar-refractivity contribution < 1.29 is 4.79 Å². The smallest absolute Gasteiger partial charge is 0.227 e. The zero-order chi connectivity index (χ0) is 19.8. The second-order valence-electron chi connectivity index (χ2n) is 7.69. The van der Waals surface area contributed by atoms with Crippen LogP contribution >= 0.6 is 0 Å². The Balaban J connectivity index is 1.28. The van der Waals surface area contributed by atoms with Gasteiger partial charge in [0.25, 0.3) is 0 Å². The van der Waals surface area contributed by atoms with E-state index in [1.54, 1.807) is 0 Å². The molecule has 1 fully saturated rings. The van der Waals surface area contributed by atoms with Gasteiger partial charge in [-0.05, 0) is 18.1 Å². The lowest BCUT2D eigenvalue weighted by molar-refractivity contribution is -0.129. The van der Waals surface area contributed by atoms with Crippen molar-refractivity contribution in [3.8, 4) is 11.3 Å². The first-order chi connectivity index (χ1) is 14.2. The number of aromatic nitrogens is 4. The minimum Gasteiger partial charge on any atom is -0.350 e. The summed E-state index contributed by atoms with van der Waals surface area (Å²) >= 11 is 0. The van der Waals surface area contributed by atoms with Crippen molar-refractivity contribution in [2.45, 2.75) is 18.9 Å². The van der Waals surface area contributed by atoms with E-state index in [0.717, 1.165) is 40.7 Å². The van der Waals surface area contributed by atoms with Crippen LogP contribution in [0.4, 0.5) is 0 Å². The molecule has 1 amide bonds. The van der Waals surface area contributed by atoms with Crippen LogP contribution in [0.5, 0.6) is 0 Å². The number of likely N-dealkylation sites (tertiary alicyclic amines) is 1. The lowest BCUT2D eigenvalue weighted by Crippen LogP contribution is -2.30. The highest BCUT2D eigenvalue weighted by Crippen LogP contribution is 2.26. The molecule has 0 N–H and O–H groups in total. The standard InChI is InChI=1S/C23H23N5O/c1-26-14-18(20-9-5-6-10-22(20)26)13-23(29)27-12-11-19(15-27)28-16-21(24-25-28)17-7-3-2-4-8-17/h2-10,14,16,19H,11-13,15H2,1H3/t19-/m1/s1. The molecule has 6 heteroatoms. The fourth-order valence-electron chi connectivity index (χ4n) is 4.22. The van der Waals surface area contributed by atoms with Crippen molar-refractivity contribution in [2.75, 3.05) is 13.1 Å². The van der Waals surface area contributed by atoms with Crippen LogP contribution in [0.25, 0.3) is 22.2 Å². The summed E-state index contributed by atoms with van der Waals surface area (Å²) < 4.78 is 4.00. The molecule has 0 radical (unpaired) electrons. The van der Waals surface area contributed by atoms with E-state index in [2.05, 4.69) is 33.2 Å². The number of fused-ring (bicyclic) bond motifs is 1. The average Bonchev–Trinajstić information content (AvgIpc) is 3.48. The summed E-state index contributed by atoms with van der Waals surface area (Å²) in [5, 5.41) is 9.79. The van der Waals surface area contributed by atoms with Gasteiger partial charge < -0.3 is 9.47 Å². The third kappa shape index (κ3) is 3.31. The molecule has 1 aliphatic heterocycles. The highest BCUT2D eigenvalue weighted by atomic mass is 16.2. The number of aryl methyl sites for hydroxylation is 1. The topological polar surface area (TPSA) is 56.0 Å². The molecule has 0 spiro atoms. The second kappa shape index (κ2) is 7.20. The molecule has 1 saturated heterocycles. The number of hydrogen-bond acceptors (Lipinski definition) is 3. The monoisotopic (exact) mass is 385 g/mol. The Labute approximate surface area is 169 Å². The highest BCUT2D eigenvalue weighted by molar-refractivity contribution is 5.89. The number of carbonyl (C=O) groups is 1. The third-order valence-electron chi connectivity index (χ3n) is 5.79. The van der Waals surface area contributed by atoms with E-state index < -0.39 is 0 Å².